The number of pyridine rings is 1. The van der Waals surface area contributed by atoms with Crippen molar-refractivity contribution >= 4 is 48.5 Å². The first-order chi connectivity index (χ1) is 9.15. The van der Waals surface area contributed by atoms with Gasteiger partial charge in [-0.15, -0.1) is 0 Å². The number of halogens is 2. The van der Waals surface area contributed by atoms with Crippen LogP contribution < -0.4 is 5.32 Å². The molecule has 0 unspecified atom stereocenters. The highest BCUT2D eigenvalue weighted by Gasteiger charge is 2.09. The van der Waals surface area contributed by atoms with Crippen molar-refractivity contribution in [1.82, 2.24) is 4.98 Å². The van der Waals surface area contributed by atoms with Gasteiger partial charge in [0.15, 0.2) is 0 Å². The minimum Gasteiger partial charge on any atom is -0.384 e. The molecule has 0 aliphatic rings. The van der Waals surface area contributed by atoms with Crippen LogP contribution in [0.3, 0.4) is 0 Å². The van der Waals surface area contributed by atoms with Crippen LogP contribution in [0.25, 0.3) is 10.9 Å². The second kappa shape index (κ2) is 6.71. The summed E-state index contributed by atoms with van der Waals surface area (Å²) in [5, 5.41) is 4.67. The van der Waals surface area contributed by atoms with Crippen LogP contribution in [0, 0.1) is 0 Å². The van der Waals surface area contributed by atoms with Gasteiger partial charge < -0.3 is 5.32 Å². The first kappa shape index (κ1) is 14.8. The monoisotopic (exact) mass is 384 g/mol. The number of nitrogens with one attached hydrogen (secondary N) is 1. The summed E-state index contributed by atoms with van der Waals surface area (Å²) in [4.78, 5) is 4.77. The second-order valence-corrected chi connectivity index (χ2v) is 6.39. The molecule has 1 N–H and O–H groups in total. The van der Waals surface area contributed by atoms with Crippen molar-refractivity contribution in [3.8, 4) is 0 Å². The van der Waals surface area contributed by atoms with E-state index in [1.807, 2.05) is 0 Å². The van der Waals surface area contributed by atoms with Gasteiger partial charge in [0.1, 0.15) is 0 Å². The molecule has 0 saturated carbocycles. The highest BCUT2D eigenvalue weighted by atomic mass is 79.9. The van der Waals surface area contributed by atoms with Gasteiger partial charge >= 0.3 is 0 Å². The molecule has 0 amide bonds. The lowest BCUT2D eigenvalue weighted by atomic mass is 10.1. The Morgan fingerprint density at radius 3 is 2.58 bits per heavy atom. The van der Waals surface area contributed by atoms with Crippen molar-refractivity contribution in [1.29, 1.82) is 0 Å². The fraction of sp³-hybridized carbons (Fsp3) is 0.400. The Bertz CT molecular complexity index is 582. The maximum absolute atomic E-state index is 4.77. The van der Waals surface area contributed by atoms with Crippen molar-refractivity contribution in [3.05, 3.63) is 32.8 Å². The summed E-state index contributed by atoms with van der Waals surface area (Å²) in [6.07, 6.45) is 3.24. The van der Waals surface area contributed by atoms with Gasteiger partial charge in [-0.05, 0) is 47.0 Å². The van der Waals surface area contributed by atoms with Crippen molar-refractivity contribution in [2.24, 2.45) is 0 Å². The van der Waals surface area contributed by atoms with E-state index in [1.165, 1.54) is 5.69 Å². The van der Waals surface area contributed by atoms with Gasteiger partial charge in [0.2, 0.25) is 0 Å². The van der Waals surface area contributed by atoms with E-state index in [4.69, 9.17) is 4.98 Å². The minimum atomic E-state index is 0.981. The number of aryl methyl sites for hydroxylation is 1. The van der Waals surface area contributed by atoms with Gasteiger partial charge in [-0.25, -0.2) is 0 Å². The molecule has 102 valence electrons. The number of fused-ring (bicyclic) bond motifs is 1. The maximum atomic E-state index is 4.77. The topological polar surface area (TPSA) is 24.9 Å². The van der Waals surface area contributed by atoms with E-state index in [0.717, 1.165) is 51.3 Å². The fourth-order valence-corrected chi connectivity index (χ4v) is 3.41. The summed E-state index contributed by atoms with van der Waals surface area (Å²) in [6.45, 7) is 5.34. The molecule has 2 nitrogen and oxygen atoms in total. The van der Waals surface area contributed by atoms with Crippen LogP contribution in [0.2, 0.25) is 0 Å². The van der Waals surface area contributed by atoms with Gasteiger partial charge in [-0.3, -0.25) is 4.98 Å². The predicted octanol–water partition coefficient (Wildman–Crippen LogP) is 5.53. The van der Waals surface area contributed by atoms with Crippen molar-refractivity contribution in [3.63, 3.8) is 0 Å². The molecule has 0 fully saturated rings. The molecule has 2 rings (SSSR count). The molecule has 19 heavy (non-hydrogen) atoms. The smallest absolute Gasteiger partial charge is 0.0868 e. The number of rotatable bonds is 5. The van der Waals surface area contributed by atoms with E-state index < -0.39 is 0 Å². The number of aromatic nitrogens is 1. The van der Waals surface area contributed by atoms with Crippen molar-refractivity contribution in [2.75, 3.05) is 11.9 Å². The summed E-state index contributed by atoms with van der Waals surface area (Å²) in [7, 11) is 0. The number of nitrogens with zero attached hydrogens (tertiary/aromatic N) is 1. The Balaban J connectivity index is 2.60. The van der Waals surface area contributed by atoms with Gasteiger partial charge in [0.05, 0.1) is 5.52 Å². The van der Waals surface area contributed by atoms with Gasteiger partial charge in [-0.2, -0.15) is 0 Å². The molecule has 0 aliphatic heterocycles. The van der Waals surface area contributed by atoms with E-state index in [1.54, 1.807) is 0 Å². The van der Waals surface area contributed by atoms with E-state index in [9.17, 15) is 0 Å². The first-order valence-corrected chi connectivity index (χ1v) is 8.26. The van der Waals surface area contributed by atoms with Crippen LogP contribution in [-0.4, -0.2) is 11.5 Å². The Kier molecular flexibility index (Phi) is 5.22. The molecule has 1 heterocycles. The summed E-state index contributed by atoms with van der Waals surface area (Å²) >= 11 is 7.16. The van der Waals surface area contributed by atoms with Crippen LogP contribution in [0.5, 0.6) is 0 Å². The van der Waals surface area contributed by atoms with E-state index in [0.29, 0.717) is 0 Å². The third-order valence-corrected chi connectivity index (χ3v) is 4.02. The van der Waals surface area contributed by atoms with Crippen molar-refractivity contribution in [2.45, 2.75) is 33.1 Å². The molecule has 4 heteroatoms. The van der Waals surface area contributed by atoms with Crippen LogP contribution >= 0.6 is 31.9 Å². The lowest BCUT2D eigenvalue weighted by Crippen LogP contribution is -2.03. The van der Waals surface area contributed by atoms with Gasteiger partial charge in [0, 0.05) is 32.3 Å². The van der Waals surface area contributed by atoms with Crippen LogP contribution in [0.4, 0.5) is 5.69 Å². The minimum absolute atomic E-state index is 0.981. The quantitative estimate of drug-likeness (QED) is 0.731. The zero-order valence-electron chi connectivity index (χ0n) is 11.3. The Morgan fingerprint density at radius 2 is 1.89 bits per heavy atom. The molecule has 0 saturated heterocycles. The summed E-state index contributed by atoms with van der Waals surface area (Å²) in [5.74, 6) is 0. The Hall–Kier alpha value is -0.610. The van der Waals surface area contributed by atoms with Crippen LogP contribution in [-0.2, 0) is 6.42 Å². The molecular weight excluding hydrogens is 368 g/mol. The Morgan fingerprint density at radius 1 is 1.11 bits per heavy atom. The molecule has 0 radical (unpaired) electrons. The van der Waals surface area contributed by atoms with E-state index in [-0.39, 0.29) is 0 Å². The highest BCUT2D eigenvalue weighted by molar-refractivity contribution is 9.11. The number of benzene rings is 1. The van der Waals surface area contributed by atoms with Gasteiger partial charge in [0.25, 0.3) is 0 Å². The lowest BCUT2D eigenvalue weighted by molar-refractivity contribution is 0.888. The molecule has 1 aromatic carbocycles. The third-order valence-electron chi connectivity index (χ3n) is 2.96. The molecule has 2 aromatic rings. The SMILES string of the molecule is CCCNc1cc(CCC)nc2c(Br)cc(Br)cc12. The van der Waals surface area contributed by atoms with E-state index >= 15 is 0 Å². The zero-order valence-corrected chi connectivity index (χ0v) is 14.4. The number of hydrogen-bond acceptors (Lipinski definition) is 2. The predicted molar refractivity (Wildman–Crippen MR) is 89.9 cm³/mol. The molecule has 0 spiro atoms. The van der Waals surface area contributed by atoms with Crippen LogP contribution in [0.15, 0.2) is 27.1 Å². The molecule has 0 atom stereocenters. The van der Waals surface area contributed by atoms with Crippen molar-refractivity contribution < 1.29 is 0 Å². The standard InChI is InChI=1S/C15H18Br2N2/c1-3-5-11-9-14(18-6-4-2)12-7-10(16)8-13(17)15(12)19-11/h7-9H,3-6H2,1-2H3,(H,18,19). The normalized spacial score (nSPS) is 10.9. The second-order valence-electron chi connectivity index (χ2n) is 4.62. The maximum Gasteiger partial charge on any atom is 0.0868 e. The number of hydrogen-bond donors (Lipinski definition) is 1. The average molecular weight is 386 g/mol. The summed E-state index contributed by atoms with van der Waals surface area (Å²) in [6, 6.07) is 6.36. The van der Waals surface area contributed by atoms with E-state index in [2.05, 4.69) is 69.2 Å². The summed E-state index contributed by atoms with van der Waals surface area (Å²) < 4.78 is 2.10. The first-order valence-electron chi connectivity index (χ1n) is 6.68. The number of anilines is 1. The molecule has 1 aromatic heterocycles. The molecule has 0 bridgehead atoms. The zero-order chi connectivity index (χ0) is 13.8. The molecular formula is C15H18Br2N2. The highest BCUT2D eigenvalue weighted by Crippen LogP contribution is 2.32. The van der Waals surface area contributed by atoms with Crippen LogP contribution in [0.1, 0.15) is 32.4 Å². The summed E-state index contributed by atoms with van der Waals surface area (Å²) in [5.41, 5.74) is 3.36. The van der Waals surface area contributed by atoms with Gasteiger partial charge in [-0.1, -0.05) is 36.2 Å². The largest absolute Gasteiger partial charge is 0.384 e. The Labute approximate surface area is 131 Å². The lowest BCUT2D eigenvalue weighted by Gasteiger charge is -2.12. The fourth-order valence-electron chi connectivity index (χ4n) is 2.10. The third kappa shape index (κ3) is 3.48. The average Bonchev–Trinajstić information content (AvgIpc) is 2.37. The molecule has 0 aliphatic carbocycles.